The van der Waals surface area contributed by atoms with E-state index in [1.807, 2.05) is 5.38 Å². The van der Waals surface area contributed by atoms with Gasteiger partial charge in [-0.2, -0.15) is 0 Å². The molecular weight excluding hydrogens is 266 g/mol. The second-order valence-corrected chi connectivity index (χ2v) is 5.07. The van der Waals surface area contributed by atoms with Gasteiger partial charge in [0.2, 0.25) is 5.91 Å². The summed E-state index contributed by atoms with van der Waals surface area (Å²) in [6, 6.07) is 1.28. The Morgan fingerprint density at radius 3 is 3.05 bits per heavy atom. The van der Waals surface area contributed by atoms with Crippen LogP contribution in [0.5, 0.6) is 5.75 Å². The van der Waals surface area contributed by atoms with E-state index in [1.165, 1.54) is 18.4 Å². The average molecular weight is 283 g/mol. The number of rotatable bonds is 3. The molecule has 2 rings (SSSR count). The van der Waals surface area contributed by atoms with E-state index < -0.39 is 6.04 Å². The fourth-order valence-corrected chi connectivity index (χ4v) is 2.91. The summed E-state index contributed by atoms with van der Waals surface area (Å²) in [5, 5.41) is 7.53. The molecule has 0 spiro atoms. The number of carbonyl (C=O) groups is 2. The highest BCUT2D eigenvalue weighted by Gasteiger charge is 2.33. The van der Waals surface area contributed by atoms with E-state index in [1.54, 1.807) is 18.0 Å². The summed E-state index contributed by atoms with van der Waals surface area (Å²) in [6.45, 7) is 1.67. The molecule has 1 aliphatic rings. The van der Waals surface area contributed by atoms with Gasteiger partial charge in [0.25, 0.3) is 5.91 Å². The third kappa shape index (κ3) is 2.71. The summed E-state index contributed by atoms with van der Waals surface area (Å²) in [4.78, 5) is 26.5. The summed E-state index contributed by atoms with van der Waals surface area (Å²) < 4.78 is 5.17. The molecule has 0 radical (unpaired) electrons. The summed E-state index contributed by atoms with van der Waals surface area (Å²) in [7, 11) is 3.11. The van der Waals surface area contributed by atoms with Crippen LogP contribution >= 0.6 is 11.3 Å². The molecule has 1 saturated heterocycles. The maximum Gasteiger partial charge on any atom is 0.268 e. The van der Waals surface area contributed by atoms with Gasteiger partial charge < -0.3 is 20.3 Å². The molecule has 1 atom stereocenters. The van der Waals surface area contributed by atoms with Gasteiger partial charge in [-0.05, 0) is 11.4 Å². The second kappa shape index (κ2) is 6.03. The molecule has 1 aromatic heterocycles. The van der Waals surface area contributed by atoms with Crippen LogP contribution in [0.4, 0.5) is 0 Å². The Morgan fingerprint density at radius 1 is 1.58 bits per heavy atom. The van der Waals surface area contributed by atoms with Crippen LogP contribution in [0.15, 0.2) is 11.4 Å². The monoisotopic (exact) mass is 283 g/mol. The largest absolute Gasteiger partial charge is 0.495 e. The van der Waals surface area contributed by atoms with Gasteiger partial charge >= 0.3 is 0 Å². The first-order valence-electron chi connectivity index (χ1n) is 6.03. The van der Waals surface area contributed by atoms with Crippen LogP contribution in [0.25, 0.3) is 0 Å². The third-order valence-electron chi connectivity index (χ3n) is 3.10. The second-order valence-electron chi connectivity index (χ2n) is 4.15. The van der Waals surface area contributed by atoms with Crippen LogP contribution < -0.4 is 15.4 Å². The molecule has 19 heavy (non-hydrogen) atoms. The minimum absolute atomic E-state index is 0.151. The van der Waals surface area contributed by atoms with E-state index >= 15 is 0 Å². The van der Waals surface area contributed by atoms with Crippen molar-refractivity contribution in [1.82, 2.24) is 15.5 Å². The molecule has 1 aromatic rings. The van der Waals surface area contributed by atoms with Gasteiger partial charge in [0, 0.05) is 26.7 Å². The number of methoxy groups -OCH3 is 1. The number of nitrogens with zero attached hydrogens (tertiary/aromatic N) is 1. The molecule has 2 N–H and O–H groups in total. The quantitative estimate of drug-likeness (QED) is 0.814. The highest BCUT2D eigenvalue weighted by Crippen LogP contribution is 2.26. The van der Waals surface area contributed by atoms with Crippen molar-refractivity contribution in [2.45, 2.75) is 6.04 Å². The van der Waals surface area contributed by atoms with Crippen LogP contribution in [-0.4, -0.2) is 56.5 Å². The Hall–Kier alpha value is -1.60. The number of carbonyl (C=O) groups excluding carboxylic acids is 2. The standard InChI is InChI=1S/C12H17N3O3S/c1-13-11(16)8-7-14-4-5-15(8)12(17)10-9(18-2)3-6-19-10/h3,6,8,14H,4-5,7H2,1-2H3,(H,13,16). The van der Waals surface area contributed by atoms with Crippen molar-refractivity contribution in [3.63, 3.8) is 0 Å². The topological polar surface area (TPSA) is 70.7 Å². The molecule has 104 valence electrons. The molecule has 1 fully saturated rings. The van der Waals surface area contributed by atoms with E-state index in [2.05, 4.69) is 10.6 Å². The van der Waals surface area contributed by atoms with Gasteiger partial charge in [-0.15, -0.1) is 11.3 Å². The summed E-state index contributed by atoms with van der Waals surface area (Å²) in [5.41, 5.74) is 0. The lowest BCUT2D eigenvalue weighted by Gasteiger charge is -2.34. The number of hydrogen-bond acceptors (Lipinski definition) is 5. The smallest absolute Gasteiger partial charge is 0.268 e. The number of ether oxygens (including phenoxy) is 1. The van der Waals surface area contributed by atoms with E-state index in [4.69, 9.17) is 4.74 Å². The van der Waals surface area contributed by atoms with Crippen LogP contribution in [0.3, 0.4) is 0 Å². The van der Waals surface area contributed by atoms with Crippen molar-refractivity contribution in [1.29, 1.82) is 0 Å². The maximum absolute atomic E-state index is 12.5. The lowest BCUT2D eigenvalue weighted by Crippen LogP contribution is -2.59. The Balaban J connectivity index is 2.22. The van der Waals surface area contributed by atoms with Crippen LogP contribution in [-0.2, 0) is 4.79 Å². The van der Waals surface area contributed by atoms with Crippen molar-refractivity contribution in [3.8, 4) is 5.75 Å². The van der Waals surface area contributed by atoms with Gasteiger partial charge in [-0.1, -0.05) is 0 Å². The van der Waals surface area contributed by atoms with Crippen molar-refractivity contribution < 1.29 is 14.3 Å². The summed E-state index contributed by atoms with van der Waals surface area (Å²) >= 11 is 1.33. The number of thiophene rings is 1. The molecule has 0 saturated carbocycles. The molecule has 2 heterocycles. The highest BCUT2D eigenvalue weighted by molar-refractivity contribution is 7.12. The van der Waals surface area contributed by atoms with E-state index in [0.717, 1.165) is 0 Å². The van der Waals surface area contributed by atoms with Crippen LogP contribution in [0.2, 0.25) is 0 Å². The number of piperazine rings is 1. The number of amides is 2. The van der Waals surface area contributed by atoms with Gasteiger partial charge in [-0.3, -0.25) is 9.59 Å². The average Bonchev–Trinajstić information content (AvgIpc) is 2.94. The molecule has 7 heteroatoms. The molecule has 2 amide bonds. The van der Waals surface area contributed by atoms with Gasteiger partial charge in [0.05, 0.1) is 7.11 Å². The fraction of sp³-hybridized carbons (Fsp3) is 0.500. The predicted octanol–water partition coefficient (Wildman–Crippen LogP) is -0.0833. The van der Waals surface area contributed by atoms with E-state index in [0.29, 0.717) is 30.3 Å². The molecule has 1 aliphatic heterocycles. The first-order chi connectivity index (χ1) is 9.19. The summed E-state index contributed by atoms with van der Waals surface area (Å²) in [5.74, 6) is 0.252. The molecule has 0 bridgehead atoms. The van der Waals surface area contributed by atoms with Crippen LogP contribution in [0, 0.1) is 0 Å². The SMILES string of the molecule is CNC(=O)C1CNCCN1C(=O)c1sccc1OC. The normalized spacial score (nSPS) is 19.1. The van der Waals surface area contributed by atoms with E-state index in [-0.39, 0.29) is 11.8 Å². The Bertz CT molecular complexity index is 475. The van der Waals surface area contributed by atoms with Crippen molar-refractivity contribution in [3.05, 3.63) is 16.3 Å². The van der Waals surface area contributed by atoms with Gasteiger partial charge in [0.1, 0.15) is 16.7 Å². The first kappa shape index (κ1) is 13.8. The predicted molar refractivity (Wildman–Crippen MR) is 72.6 cm³/mol. The molecule has 1 unspecified atom stereocenters. The van der Waals surface area contributed by atoms with Gasteiger partial charge in [0.15, 0.2) is 0 Å². The zero-order chi connectivity index (χ0) is 13.8. The Labute approximate surface area is 115 Å². The zero-order valence-corrected chi connectivity index (χ0v) is 11.8. The third-order valence-corrected chi connectivity index (χ3v) is 3.98. The lowest BCUT2D eigenvalue weighted by atomic mass is 10.1. The Kier molecular flexibility index (Phi) is 4.39. The maximum atomic E-state index is 12.5. The fourth-order valence-electron chi connectivity index (χ4n) is 2.09. The van der Waals surface area contributed by atoms with E-state index in [9.17, 15) is 9.59 Å². The van der Waals surface area contributed by atoms with Crippen molar-refractivity contribution in [2.75, 3.05) is 33.8 Å². The molecule has 0 aliphatic carbocycles. The highest BCUT2D eigenvalue weighted by atomic mass is 32.1. The molecular formula is C12H17N3O3S. The van der Waals surface area contributed by atoms with Crippen molar-refractivity contribution in [2.24, 2.45) is 0 Å². The first-order valence-corrected chi connectivity index (χ1v) is 6.91. The minimum Gasteiger partial charge on any atom is -0.495 e. The summed E-state index contributed by atoms with van der Waals surface area (Å²) in [6.07, 6.45) is 0. The number of likely N-dealkylation sites (N-methyl/N-ethyl adjacent to an activating group) is 1. The lowest BCUT2D eigenvalue weighted by molar-refractivity contribution is -0.125. The minimum atomic E-state index is -0.474. The number of nitrogens with one attached hydrogen (secondary N) is 2. The molecule has 0 aromatic carbocycles. The van der Waals surface area contributed by atoms with Gasteiger partial charge in [-0.25, -0.2) is 0 Å². The van der Waals surface area contributed by atoms with Crippen molar-refractivity contribution >= 4 is 23.2 Å². The van der Waals surface area contributed by atoms with Crippen LogP contribution in [0.1, 0.15) is 9.67 Å². The zero-order valence-electron chi connectivity index (χ0n) is 10.9. The number of hydrogen-bond donors (Lipinski definition) is 2. The Morgan fingerprint density at radius 2 is 2.37 bits per heavy atom. The molecule has 6 nitrogen and oxygen atoms in total.